The van der Waals surface area contributed by atoms with Gasteiger partial charge in [-0.05, 0) is 19.4 Å². The van der Waals surface area contributed by atoms with Gasteiger partial charge < -0.3 is 10.4 Å². The Morgan fingerprint density at radius 1 is 1.56 bits per heavy atom. The van der Waals surface area contributed by atoms with Crippen molar-refractivity contribution in [2.24, 2.45) is 0 Å². The molecule has 2 atom stereocenters. The van der Waals surface area contributed by atoms with Crippen LogP contribution in [0.2, 0.25) is 0 Å². The van der Waals surface area contributed by atoms with E-state index in [-0.39, 0.29) is 0 Å². The van der Waals surface area contributed by atoms with Crippen molar-refractivity contribution in [3.05, 3.63) is 0 Å². The van der Waals surface area contributed by atoms with E-state index in [0.29, 0.717) is 13.0 Å². The highest BCUT2D eigenvalue weighted by Crippen LogP contribution is 2.07. The van der Waals surface area contributed by atoms with Gasteiger partial charge >= 0.3 is 0 Å². The van der Waals surface area contributed by atoms with Gasteiger partial charge in [-0.15, -0.1) is 0 Å². The first-order valence-electron chi connectivity index (χ1n) is 3.33. The molecule has 2 nitrogen and oxygen atoms in total. The predicted molar refractivity (Wildman–Crippen MR) is 33.0 cm³/mol. The third-order valence-corrected chi connectivity index (χ3v) is 1.61. The van der Waals surface area contributed by atoms with Crippen LogP contribution in [0.4, 0.5) is 4.39 Å². The van der Waals surface area contributed by atoms with Crippen molar-refractivity contribution in [3.8, 4) is 0 Å². The van der Waals surface area contributed by atoms with E-state index in [1.165, 1.54) is 0 Å². The SMILES string of the molecule is O[C@H]1CCCNC[C@@H]1F. The van der Waals surface area contributed by atoms with Crippen LogP contribution in [0.1, 0.15) is 12.8 Å². The molecular weight excluding hydrogens is 121 g/mol. The van der Waals surface area contributed by atoms with Crippen molar-refractivity contribution in [2.75, 3.05) is 13.1 Å². The first kappa shape index (κ1) is 6.96. The van der Waals surface area contributed by atoms with Crippen LogP contribution in [0.25, 0.3) is 0 Å². The Kier molecular flexibility index (Phi) is 2.42. The van der Waals surface area contributed by atoms with Gasteiger partial charge in [0.2, 0.25) is 0 Å². The second-order valence-electron chi connectivity index (χ2n) is 2.43. The second kappa shape index (κ2) is 3.13. The molecule has 0 spiro atoms. The zero-order chi connectivity index (χ0) is 6.69. The molecule has 2 N–H and O–H groups in total. The molecule has 1 saturated heterocycles. The van der Waals surface area contributed by atoms with Gasteiger partial charge in [-0.25, -0.2) is 4.39 Å². The fraction of sp³-hybridized carbons (Fsp3) is 1.00. The summed E-state index contributed by atoms with van der Waals surface area (Å²) in [6.07, 6.45) is -0.331. The predicted octanol–water partition coefficient (Wildman–Crippen LogP) is 0.0688. The van der Waals surface area contributed by atoms with Gasteiger partial charge in [0.05, 0.1) is 6.10 Å². The molecule has 1 aliphatic rings. The normalized spacial score (nSPS) is 38.0. The highest BCUT2D eigenvalue weighted by molar-refractivity contribution is 4.73. The smallest absolute Gasteiger partial charge is 0.138 e. The summed E-state index contributed by atoms with van der Waals surface area (Å²) < 4.78 is 12.5. The molecule has 0 amide bonds. The van der Waals surface area contributed by atoms with E-state index < -0.39 is 12.3 Å². The number of hydrogen-bond donors (Lipinski definition) is 2. The average Bonchev–Trinajstić information content (AvgIpc) is 1.99. The summed E-state index contributed by atoms with van der Waals surface area (Å²) in [6.45, 7) is 1.14. The highest BCUT2D eigenvalue weighted by Gasteiger charge is 2.19. The standard InChI is InChI=1S/C6H12FNO/c7-5-4-8-3-1-2-6(5)9/h5-6,8-9H,1-4H2/t5-,6-/m0/s1. The fourth-order valence-corrected chi connectivity index (χ4v) is 0.993. The van der Waals surface area contributed by atoms with Crippen LogP contribution in [-0.4, -0.2) is 30.5 Å². The number of nitrogens with one attached hydrogen (secondary N) is 1. The number of aliphatic hydroxyl groups excluding tert-OH is 1. The summed E-state index contributed by atoms with van der Waals surface area (Å²) in [5, 5.41) is 11.8. The van der Waals surface area contributed by atoms with Crippen molar-refractivity contribution in [1.29, 1.82) is 0 Å². The number of aliphatic hydroxyl groups is 1. The topological polar surface area (TPSA) is 32.3 Å². The Labute approximate surface area is 54.1 Å². The molecule has 54 valence electrons. The first-order valence-corrected chi connectivity index (χ1v) is 3.33. The minimum absolute atomic E-state index is 0.307. The summed E-state index contributed by atoms with van der Waals surface area (Å²) in [6, 6.07) is 0. The lowest BCUT2D eigenvalue weighted by Crippen LogP contribution is -2.28. The number of rotatable bonds is 0. The summed E-state index contributed by atoms with van der Waals surface area (Å²) in [5.74, 6) is 0. The lowest BCUT2D eigenvalue weighted by molar-refractivity contribution is 0.0787. The Balaban J connectivity index is 2.32. The van der Waals surface area contributed by atoms with Crippen molar-refractivity contribution in [1.82, 2.24) is 5.32 Å². The maximum atomic E-state index is 12.5. The molecule has 1 aliphatic heterocycles. The van der Waals surface area contributed by atoms with Crippen LogP contribution in [0.15, 0.2) is 0 Å². The van der Waals surface area contributed by atoms with Gasteiger partial charge in [0.15, 0.2) is 0 Å². The van der Waals surface area contributed by atoms with Crippen LogP contribution in [0.3, 0.4) is 0 Å². The lowest BCUT2D eigenvalue weighted by atomic mass is 10.1. The third-order valence-electron chi connectivity index (χ3n) is 1.61. The molecule has 0 bridgehead atoms. The van der Waals surface area contributed by atoms with Crippen molar-refractivity contribution >= 4 is 0 Å². The van der Waals surface area contributed by atoms with Crippen LogP contribution in [0, 0.1) is 0 Å². The van der Waals surface area contributed by atoms with Crippen molar-refractivity contribution < 1.29 is 9.50 Å². The third kappa shape index (κ3) is 1.91. The van der Waals surface area contributed by atoms with Gasteiger partial charge in [0.25, 0.3) is 0 Å². The van der Waals surface area contributed by atoms with Gasteiger partial charge in [0, 0.05) is 6.54 Å². The molecule has 0 saturated carbocycles. The van der Waals surface area contributed by atoms with E-state index in [1.54, 1.807) is 0 Å². The molecule has 0 aliphatic carbocycles. The summed E-state index contributed by atoms with van der Waals surface area (Å²) in [4.78, 5) is 0. The summed E-state index contributed by atoms with van der Waals surface area (Å²) >= 11 is 0. The van der Waals surface area contributed by atoms with Gasteiger partial charge in [-0.3, -0.25) is 0 Å². The zero-order valence-electron chi connectivity index (χ0n) is 5.31. The van der Waals surface area contributed by atoms with Crippen molar-refractivity contribution in [2.45, 2.75) is 25.1 Å². The summed E-state index contributed by atoms with van der Waals surface area (Å²) in [7, 11) is 0. The number of hydrogen-bond acceptors (Lipinski definition) is 2. The number of alkyl halides is 1. The Morgan fingerprint density at radius 2 is 2.33 bits per heavy atom. The van der Waals surface area contributed by atoms with Gasteiger partial charge in [-0.2, -0.15) is 0 Å². The average molecular weight is 133 g/mol. The van der Waals surface area contributed by atoms with E-state index in [2.05, 4.69) is 5.32 Å². The molecule has 9 heavy (non-hydrogen) atoms. The van der Waals surface area contributed by atoms with E-state index in [4.69, 9.17) is 5.11 Å². The van der Waals surface area contributed by atoms with Crippen LogP contribution < -0.4 is 5.32 Å². The Bertz CT molecular complexity index is 79.1. The Morgan fingerprint density at radius 3 is 3.11 bits per heavy atom. The van der Waals surface area contributed by atoms with Crippen LogP contribution in [0.5, 0.6) is 0 Å². The Hall–Kier alpha value is -0.150. The quantitative estimate of drug-likeness (QED) is 0.490. The molecule has 3 heteroatoms. The van der Waals surface area contributed by atoms with Crippen LogP contribution in [-0.2, 0) is 0 Å². The largest absolute Gasteiger partial charge is 0.390 e. The fourth-order valence-electron chi connectivity index (χ4n) is 0.993. The monoisotopic (exact) mass is 133 g/mol. The molecular formula is C6H12FNO. The first-order chi connectivity index (χ1) is 4.30. The molecule has 1 rings (SSSR count). The minimum atomic E-state index is -1.06. The highest BCUT2D eigenvalue weighted by atomic mass is 19.1. The van der Waals surface area contributed by atoms with E-state index in [1.807, 2.05) is 0 Å². The van der Waals surface area contributed by atoms with Crippen molar-refractivity contribution in [3.63, 3.8) is 0 Å². The molecule has 1 heterocycles. The van der Waals surface area contributed by atoms with Crippen LogP contribution >= 0.6 is 0 Å². The molecule has 0 radical (unpaired) electrons. The zero-order valence-corrected chi connectivity index (χ0v) is 5.31. The van der Waals surface area contributed by atoms with Gasteiger partial charge in [0.1, 0.15) is 6.17 Å². The van der Waals surface area contributed by atoms with E-state index in [9.17, 15) is 4.39 Å². The molecule has 1 fully saturated rings. The van der Waals surface area contributed by atoms with Gasteiger partial charge in [-0.1, -0.05) is 0 Å². The summed E-state index contributed by atoms with van der Waals surface area (Å²) in [5.41, 5.74) is 0. The molecule has 0 aromatic carbocycles. The maximum absolute atomic E-state index is 12.5. The molecule has 0 aromatic heterocycles. The minimum Gasteiger partial charge on any atom is -0.390 e. The van der Waals surface area contributed by atoms with E-state index in [0.717, 1.165) is 13.0 Å². The molecule has 0 unspecified atom stereocenters. The number of halogens is 1. The maximum Gasteiger partial charge on any atom is 0.138 e. The second-order valence-corrected chi connectivity index (χ2v) is 2.43. The molecule has 0 aromatic rings. The lowest BCUT2D eigenvalue weighted by Gasteiger charge is -2.09. The van der Waals surface area contributed by atoms with E-state index >= 15 is 0 Å².